The molecule has 2 N–H and O–H groups in total. The molecule has 0 bridgehead atoms. The average molecular weight is 211 g/mol. The third-order valence-electron chi connectivity index (χ3n) is 4.27. The Kier molecular flexibility index (Phi) is 4.18. The molecule has 2 heteroatoms. The molecule has 15 heavy (non-hydrogen) atoms. The van der Waals surface area contributed by atoms with Crippen LogP contribution in [0.5, 0.6) is 0 Å². The normalized spacial score (nSPS) is 32.7. The number of hydrogen-bond donors (Lipinski definition) is 1. The van der Waals surface area contributed by atoms with Gasteiger partial charge in [0.05, 0.1) is 5.41 Å². The first-order valence-electron chi connectivity index (χ1n) is 6.34. The highest BCUT2D eigenvalue weighted by Gasteiger charge is 2.44. The summed E-state index contributed by atoms with van der Waals surface area (Å²) in [6.07, 6.45) is 6.78. The number of primary amides is 1. The van der Waals surface area contributed by atoms with Crippen LogP contribution in [0.1, 0.15) is 59.3 Å². The van der Waals surface area contributed by atoms with Crippen LogP contribution in [0.4, 0.5) is 0 Å². The van der Waals surface area contributed by atoms with Gasteiger partial charge in [-0.3, -0.25) is 4.79 Å². The molecule has 2 atom stereocenters. The van der Waals surface area contributed by atoms with Crippen LogP contribution in [0.15, 0.2) is 0 Å². The molecule has 0 saturated heterocycles. The molecular weight excluding hydrogens is 186 g/mol. The Bertz CT molecular complexity index is 225. The zero-order valence-electron chi connectivity index (χ0n) is 10.4. The van der Waals surface area contributed by atoms with Gasteiger partial charge in [0.25, 0.3) is 0 Å². The fourth-order valence-corrected chi connectivity index (χ4v) is 3.33. The van der Waals surface area contributed by atoms with Crippen molar-refractivity contribution in [2.75, 3.05) is 0 Å². The highest BCUT2D eigenvalue weighted by atomic mass is 16.1. The highest BCUT2D eigenvalue weighted by Crippen LogP contribution is 2.45. The Balaban J connectivity index is 2.99. The van der Waals surface area contributed by atoms with E-state index in [4.69, 9.17) is 5.73 Å². The van der Waals surface area contributed by atoms with Crippen LogP contribution < -0.4 is 5.73 Å². The maximum atomic E-state index is 11.8. The minimum Gasteiger partial charge on any atom is -0.369 e. The summed E-state index contributed by atoms with van der Waals surface area (Å²) in [5, 5.41) is 0. The Labute approximate surface area is 93.6 Å². The molecule has 1 saturated carbocycles. The summed E-state index contributed by atoms with van der Waals surface area (Å²) < 4.78 is 0. The molecule has 88 valence electrons. The van der Waals surface area contributed by atoms with Crippen LogP contribution in [0.2, 0.25) is 0 Å². The Morgan fingerprint density at radius 2 is 2.07 bits per heavy atom. The Morgan fingerprint density at radius 1 is 1.40 bits per heavy atom. The van der Waals surface area contributed by atoms with Crippen LogP contribution in [0.3, 0.4) is 0 Å². The lowest BCUT2D eigenvalue weighted by molar-refractivity contribution is -0.133. The van der Waals surface area contributed by atoms with E-state index in [1.54, 1.807) is 0 Å². The number of carbonyl (C=O) groups excluding carboxylic acids is 1. The molecule has 2 nitrogen and oxygen atoms in total. The van der Waals surface area contributed by atoms with Crippen molar-refractivity contribution in [3.05, 3.63) is 0 Å². The zero-order chi connectivity index (χ0) is 11.5. The zero-order valence-corrected chi connectivity index (χ0v) is 10.4. The van der Waals surface area contributed by atoms with Gasteiger partial charge in [0, 0.05) is 0 Å². The quantitative estimate of drug-likeness (QED) is 0.716. The first kappa shape index (κ1) is 12.5. The highest BCUT2D eigenvalue weighted by molar-refractivity contribution is 5.81. The van der Waals surface area contributed by atoms with Crippen molar-refractivity contribution in [2.24, 2.45) is 23.0 Å². The molecule has 0 aromatic carbocycles. The predicted molar refractivity (Wildman–Crippen MR) is 63.3 cm³/mol. The van der Waals surface area contributed by atoms with E-state index in [2.05, 4.69) is 20.8 Å². The van der Waals surface area contributed by atoms with E-state index in [-0.39, 0.29) is 11.3 Å². The van der Waals surface area contributed by atoms with Crippen molar-refractivity contribution in [1.29, 1.82) is 0 Å². The molecular formula is C13H25NO. The number of carbonyl (C=O) groups is 1. The Hall–Kier alpha value is -0.530. The first-order chi connectivity index (χ1) is 7.04. The summed E-state index contributed by atoms with van der Waals surface area (Å²) in [5.74, 6) is 0.989. The summed E-state index contributed by atoms with van der Waals surface area (Å²) in [5.41, 5.74) is 5.45. The van der Waals surface area contributed by atoms with Crippen molar-refractivity contribution in [3.8, 4) is 0 Å². The largest absolute Gasteiger partial charge is 0.369 e. The van der Waals surface area contributed by atoms with Gasteiger partial charge >= 0.3 is 0 Å². The van der Waals surface area contributed by atoms with E-state index in [0.29, 0.717) is 11.8 Å². The average Bonchev–Trinajstić information content (AvgIpc) is 2.39. The minimum absolute atomic E-state index is 0.0643. The molecule has 0 heterocycles. The number of amides is 1. The second-order valence-electron chi connectivity index (χ2n) is 5.32. The fraction of sp³-hybridized carbons (Fsp3) is 0.923. The van der Waals surface area contributed by atoms with Gasteiger partial charge in [0.2, 0.25) is 5.91 Å². The number of hydrogen-bond acceptors (Lipinski definition) is 1. The SMILES string of the molecule is CCC1(C(N)=O)CCCCCC1C(C)C. The molecule has 0 spiro atoms. The summed E-state index contributed by atoms with van der Waals surface area (Å²) in [6.45, 7) is 6.57. The molecule has 1 amide bonds. The van der Waals surface area contributed by atoms with Crippen LogP contribution >= 0.6 is 0 Å². The van der Waals surface area contributed by atoms with Gasteiger partial charge in [0.15, 0.2) is 0 Å². The van der Waals surface area contributed by atoms with Crippen molar-refractivity contribution < 1.29 is 4.79 Å². The van der Waals surface area contributed by atoms with Gasteiger partial charge in [-0.1, -0.05) is 40.0 Å². The Morgan fingerprint density at radius 3 is 2.53 bits per heavy atom. The molecule has 0 aromatic rings. The molecule has 0 aliphatic heterocycles. The maximum absolute atomic E-state index is 11.8. The fourth-order valence-electron chi connectivity index (χ4n) is 3.33. The maximum Gasteiger partial charge on any atom is 0.223 e. The summed E-state index contributed by atoms with van der Waals surface area (Å²) >= 11 is 0. The van der Waals surface area contributed by atoms with E-state index < -0.39 is 0 Å². The topological polar surface area (TPSA) is 43.1 Å². The van der Waals surface area contributed by atoms with Gasteiger partial charge in [-0.2, -0.15) is 0 Å². The second-order valence-corrected chi connectivity index (χ2v) is 5.32. The van der Waals surface area contributed by atoms with Crippen molar-refractivity contribution in [2.45, 2.75) is 59.3 Å². The lowest BCUT2D eigenvalue weighted by Gasteiger charge is -2.38. The van der Waals surface area contributed by atoms with Crippen molar-refractivity contribution in [3.63, 3.8) is 0 Å². The van der Waals surface area contributed by atoms with E-state index >= 15 is 0 Å². The lowest BCUT2D eigenvalue weighted by Crippen LogP contribution is -2.44. The summed E-state index contributed by atoms with van der Waals surface area (Å²) in [6, 6.07) is 0. The van der Waals surface area contributed by atoms with E-state index in [0.717, 1.165) is 12.8 Å². The minimum atomic E-state index is -0.218. The van der Waals surface area contributed by atoms with Crippen LogP contribution in [0.25, 0.3) is 0 Å². The second kappa shape index (κ2) is 5.00. The van der Waals surface area contributed by atoms with Crippen molar-refractivity contribution in [1.82, 2.24) is 0 Å². The van der Waals surface area contributed by atoms with Gasteiger partial charge in [-0.25, -0.2) is 0 Å². The lowest BCUT2D eigenvalue weighted by atomic mass is 9.65. The smallest absolute Gasteiger partial charge is 0.223 e. The molecule has 2 unspecified atom stereocenters. The van der Waals surface area contributed by atoms with Crippen LogP contribution in [-0.2, 0) is 4.79 Å². The first-order valence-corrected chi connectivity index (χ1v) is 6.34. The van der Waals surface area contributed by atoms with Crippen LogP contribution in [-0.4, -0.2) is 5.91 Å². The number of nitrogens with two attached hydrogens (primary N) is 1. The van der Waals surface area contributed by atoms with Crippen molar-refractivity contribution >= 4 is 5.91 Å². The summed E-state index contributed by atoms with van der Waals surface area (Å²) in [4.78, 5) is 11.8. The molecule has 1 aliphatic rings. The third kappa shape index (κ3) is 2.35. The van der Waals surface area contributed by atoms with E-state index in [9.17, 15) is 4.79 Å². The van der Waals surface area contributed by atoms with Gasteiger partial charge in [-0.15, -0.1) is 0 Å². The molecule has 1 aliphatic carbocycles. The van der Waals surface area contributed by atoms with Gasteiger partial charge in [0.1, 0.15) is 0 Å². The third-order valence-corrected chi connectivity index (χ3v) is 4.27. The molecule has 1 rings (SSSR count). The number of rotatable bonds is 3. The standard InChI is InChI=1S/C13H25NO/c1-4-13(12(14)15)9-7-5-6-8-11(13)10(2)3/h10-11H,4-9H2,1-3H3,(H2,14,15). The van der Waals surface area contributed by atoms with Crippen LogP contribution in [0, 0.1) is 17.3 Å². The van der Waals surface area contributed by atoms with Gasteiger partial charge in [-0.05, 0) is 31.1 Å². The monoisotopic (exact) mass is 211 g/mol. The molecule has 1 fully saturated rings. The summed E-state index contributed by atoms with van der Waals surface area (Å²) in [7, 11) is 0. The van der Waals surface area contributed by atoms with E-state index in [1.165, 1.54) is 25.7 Å². The molecule has 0 radical (unpaired) electrons. The molecule has 0 aromatic heterocycles. The van der Waals surface area contributed by atoms with E-state index in [1.807, 2.05) is 0 Å². The van der Waals surface area contributed by atoms with Gasteiger partial charge < -0.3 is 5.73 Å². The predicted octanol–water partition coefficient (Wildman–Crippen LogP) is 3.10.